The van der Waals surface area contributed by atoms with Gasteiger partial charge < -0.3 is 25.4 Å². The van der Waals surface area contributed by atoms with Crippen molar-refractivity contribution in [1.82, 2.24) is 15.5 Å². The van der Waals surface area contributed by atoms with Crippen molar-refractivity contribution in [3.63, 3.8) is 0 Å². The second-order valence-electron chi connectivity index (χ2n) is 9.57. The largest absolute Gasteiger partial charge is 0.507 e. The van der Waals surface area contributed by atoms with Crippen LogP contribution in [0.25, 0.3) is 0 Å². The Hall–Kier alpha value is -3.28. The highest BCUT2D eigenvalue weighted by atomic mass is 16.6. The van der Waals surface area contributed by atoms with Gasteiger partial charge in [0.15, 0.2) is 0 Å². The van der Waals surface area contributed by atoms with Crippen molar-refractivity contribution in [3.05, 3.63) is 29.3 Å². The number of benzene rings is 1. The summed E-state index contributed by atoms with van der Waals surface area (Å²) in [5, 5.41) is 25.5. The summed E-state index contributed by atoms with van der Waals surface area (Å²) in [6.45, 7) is 13.4. The van der Waals surface area contributed by atoms with Gasteiger partial charge in [0.2, 0.25) is 11.8 Å². The Morgan fingerprint density at radius 3 is 2.24 bits per heavy atom. The monoisotopic (exact) mass is 460 g/mol. The number of hydrogen-bond acceptors (Lipinski definition) is 6. The standard InChI is InChI=1S/C24H36N4O5/c1-14(2)18(27-23(32)33-24(6,7)8)22(31)28(13-12-25)19(21(30)26-15(3)4)17-11-9-10-16(5)20(17)29/h9-11,14-15,18-19,29H,13H2,1-8H3,(H,26,30)(H,27,32). The third-order valence-electron chi connectivity index (χ3n) is 4.68. The van der Waals surface area contributed by atoms with Crippen molar-refractivity contribution in [2.24, 2.45) is 5.92 Å². The molecule has 182 valence electrons. The van der Waals surface area contributed by atoms with E-state index in [4.69, 9.17) is 4.74 Å². The number of carbonyl (C=O) groups excluding carboxylic acids is 3. The minimum absolute atomic E-state index is 0.140. The molecule has 0 aliphatic carbocycles. The molecular formula is C24H36N4O5. The van der Waals surface area contributed by atoms with E-state index >= 15 is 0 Å². The lowest BCUT2D eigenvalue weighted by Crippen LogP contribution is -2.55. The molecule has 0 fully saturated rings. The van der Waals surface area contributed by atoms with Crippen LogP contribution in [0, 0.1) is 24.2 Å². The Morgan fingerprint density at radius 2 is 1.76 bits per heavy atom. The summed E-state index contributed by atoms with van der Waals surface area (Å²) in [5.74, 6) is -1.69. The molecule has 0 aliphatic heterocycles. The van der Waals surface area contributed by atoms with E-state index < -0.39 is 42.1 Å². The maximum Gasteiger partial charge on any atom is 0.408 e. The number of phenols is 1. The Morgan fingerprint density at radius 1 is 1.15 bits per heavy atom. The maximum absolute atomic E-state index is 13.6. The minimum Gasteiger partial charge on any atom is -0.507 e. The van der Waals surface area contributed by atoms with Gasteiger partial charge in [-0.25, -0.2) is 4.79 Å². The van der Waals surface area contributed by atoms with Crippen molar-refractivity contribution in [2.75, 3.05) is 6.54 Å². The van der Waals surface area contributed by atoms with Gasteiger partial charge in [0.25, 0.3) is 0 Å². The number of ether oxygens (including phenoxy) is 1. The number of carbonyl (C=O) groups is 3. The van der Waals surface area contributed by atoms with Crippen molar-refractivity contribution >= 4 is 17.9 Å². The first-order valence-corrected chi connectivity index (χ1v) is 10.9. The number of amides is 3. The molecule has 2 atom stereocenters. The highest BCUT2D eigenvalue weighted by Crippen LogP contribution is 2.32. The van der Waals surface area contributed by atoms with Crippen LogP contribution in [0.1, 0.15) is 65.6 Å². The van der Waals surface area contributed by atoms with Crippen LogP contribution in [0.5, 0.6) is 5.75 Å². The normalized spacial score (nSPS) is 13.1. The number of rotatable bonds is 8. The molecule has 0 bridgehead atoms. The summed E-state index contributed by atoms with van der Waals surface area (Å²) in [4.78, 5) is 40.3. The molecule has 3 N–H and O–H groups in total. The number of phenolic OH excluding ortho intramolecular Hbond substituents is 1. The quantitative estimate of drug-likeness (QED) is 0.511. The van der Waals surface area contributed by atoms with E-state index in [0.29, 0.717) is 5.56 Å². The Bertz CT molecular complexity index is 899. The second kappa shape index (κ2) is 11.5. The van der Waals surface area contributed by atoms with Gasteiger partial charge in [-0.2, -0.15) is 5.26 Å². The van der Waals surface area contributed by atoms with Gasteiger partial charge in [-0.15, -0.1) is 0 Å². The number of nitriles is 1. The van der Waals surface area contributed by atoms with E-state index in [1.54, 1.807) is 67.5 Å². The van der Waals surface area contributed by atoms with Crippen LogP contribution in [0.4, 0.5) is 4.79 Å². The fraction of sp³-hybridized carbons (Fsp3) is 0.583. The number of alkyl carbamates (subject to hydrolysis) is 1. The summed E-state index contributed by atoms with van der Waals surface area (Å²) in [6.07, 6.45) is -0.784. The molecule has 0 spiro atoms. The number of para-hydroxylation sites is 1. The molecule has 0 aliphatic rings. The molecule has 0 heterocycles. The number of aryl methyl sites for hydroxylation is 1. The first kappa shape index (κ1) is 27.8. The molecule has 0 aromatic heterocycles. The molecule has 0 saturated carbocycles. The third-order valence-corrected chi connectivity index (χ3v) is 4.68. The highest BCUT2D eigenvalue weighted by Gasteiger charge is 2.38. The number of hydrogen-bond donors (Lipinski definition) is 3. The van der Waals surface area contributed by atoms with Gasteiger partial charge in [-0.1, -0.05) is 32.0 Å². The molecule has 1 rings (SSSR count). The molecule has 9 heteroatoms. The number of aromatic hydroxyl groups is 1. The smallest absolute Gasteiger partial charge is 0.408 e. The van der Waals surface area contributed by atoms with Crippen molar-refractivity contribution in [3.8, 4) is 11.8 Å². The average Bonchev–Trinajstić information content (AvgIpc) is 2.66. The molecule has 0 radical (unpaired) electrons. The van der Waals surface area contributed by atoms with Gasteiger partial charge in [-0.05, 0) is 53.0 Å². The topological polar surface area (TPSA) is 132 Å². The van der Waals surface area contributed by atoms with Gasteiger partial charge in [0.1, 0.15) is 30.0 Å². The van der Waals surface area contributed by atoms with E-state index in [1.165, 1.54) is 6.07 Å². The first-order valence-electron chi connectivity index (χ1n) is 10.9. The summed E-state index contributed by atoms with van der Waals surface area (Å²) < 4.78 is 5.28. The third kappa shape index (κ3) is 7.97. The Kier molecular flexibility index (Phi) is 9.71. The number of nitrogens with zero attached hydrogens (tertiary/aromatic N) is 2. The second-order valence-corrected chi connectivity index (χ2v) is 9.57. The summed E-state index contributed by atoms with van der Waals surface area (Å²) in [7, 11) is 0. The van der Waals surface area contributed by atoms with Gasteiger partial charge in [0, 0.05) is 11.6 Å². The fourth-order valence-electron chi connectivity index (χ4n) is 3.22. The zero-order valence-electron chi connectivity index (χ0n) is 20.7. The van der Waals surface area contributed by atoms with Gasteiger partial charge >= 0.3 is 6.09 Å². The van der Waals surface area contributed by atoms with Crippen LogP contribution in [0.2, 0.25) is 0 Å². The van der Waals surface area contributed by atoms with Crippen LogP contribution in [-0.4, -0.2) is 52.1 Å². The van der Waals surface area contributed by atoms with Crippen molar-refractivity contribution < 1.29 is 24.2 Å². The minimum atomic E-state index is -1.28. The van der Waals surface area contributed by atoms with E-state index in [-0.39, 0.29) is 23.3 Å². The molecule has 1 aromatic carbocycles. The van der Waals surface area contributed by atoms with E-state index in [1.807, 2.05) is 6.07 Å². The molecule has 3 amide bonds. The van der Waals surface area contributed by atoms with E-state index in [2.05, 4.69) is 10.6 Å². The predicted octanol–water partition coefficient (Wildman–Crippen LogP) is 3.17. The van der Waals surface area contributed by atoms with Crippen LogP contribution in [-0.2, 0) is 14.3 Å². The molecule has 2 unspecified atom stereocenters. The summed E-state index contributed by atoms with van der Waals surface area (Å²) in [5.41, 5.74) is -0.0587. The Balaban J connectivity index is 3.50. The molecule has 0 saturated heterocycles. The fourth-order valence-corrected chi connectivity index (χ4v) is 3.22. The van der Waals surface area contributed by atoms with Crippen molar-refractivity contribution in [1.29, 1.82) is 5.26 Å². The van der Waals surface area contributed by atoms with Crippen LogP contribution in [0.15, 0.2) is 18.2 Å². The van der Waals surface area contributed by atoms with Crippen LogP contribution in [0.3, 0.4) is 0 Å². The maximum atomic E-state index is 13.6. The molecule has 33 heavy (non-hydrogen) atoms. The zero-order chi connectivity index (χ0) is 25.5. The Labute approximate surface area is 196 Å². The lowest BCUT2D eigenvalue weighted by molar-refractivity contribution is -0.142. The number of nitrogens with one attached hydrogen (secondary N) is 2. The van der Waals surface area contributed by atoms with Crippen LogP contribution >= 0.6 is 0 Å². The van der Waals surface area contributed by atoms with E-state index in [9.17, 15) is 24.8 Å². The summed E-state index contributed by atoms with van der Waals surface area (Å²) in [6, 6.07) is 4.22. The molecule has 1 aromatic rings. The van der Waals surface area contributed by atoms with E-state index in [0.717, 1.165) is 4.90 Å². The lowest BCUT2D eigenvalue weighted by Gasteiger charge is -2.34. The predicted molar refractivity (Wildman–Crippen MR) is 124 cm³/mol. The van der Waals surface area contributed by atoms with Gasteiger partial charge in [-0.3, -0.25) is 9.59 Å². The molecule has 9 nitrogen and oxygen atoms in total. The SMILES string of the molecule is Cc1cccc(C(C(=O)NC(C)C)N(CC#N)C(=O)C(NC(=O)OC(C)(C)C)C(C)C)c1O. The lowest BCUT2D eigenvalue weighted by atomic mass is 9.97. The highest BCUT2D eigenvalue weighted by molar-refractivity contribution is 5.93. The van der Waals surface area contributed by atoms with Gasteiger partial charge in [0.05, 0.1) is 6.07 Å². The average molecular weight is 461 g/mol. The zero-order valence-corrected chi connectivity index (χ0v) is 20.7. The van der Waals surface area contributed by atoms with Crippen LogP contribution < -0.4 is 10.6 Å². The first-order chi connectivity index (χ1) is 15.2. The molecular weight excluding hydrogens is 424 g/mol. The summed E-state index contributed by atoms with van der Waals surface area (Å²) >= 11 is 0. The van der Waals surface area contributed by atoms with Crippen molar-refractivity contribution in [2.45, 2.75) is 79.1 Å².